The van der Waals surface area contributed by atoms with Crippen LogP contribution in [0.1, 0.15) is 31.2 Å². The molecule has 1 unspecified atom stereocenters. The minimum absolute atomic E-state index is 0.141. The number of likely N-dealkylation sites (tertiary alicyclic amines) is 1. The molecule has 12 heteroatoms. The van der Waals surface area contributed by atoms with E-state index in [9.17, 15) is 27.2 Å². The van der Waals surface area contributed by atoms with Gasteiger partial charge in [0.25, 0.3) is 5.92 Å². The Bertz CT molecular complexity index is 1260. The van der Waals surface area contributed by atoms with E-state index in [0.29, 0.717) is 23.9 Å². The molecule has 1 saturated carbocycles. The van der Waals surface area contributed by atoms with Gasteiger partial charge in [0.2, 0.25) is 11.8 Å². The molecule has 2 N–H and O–H groups in total. The molecule has 2 amide bonds. The first kappa shape index (κ1) is 23.1. The number of rotatable bonds is 6. The van der Waals surface area contributed by atoms with Gasteiger partial charge >= 0.3 is 6.61 Å². The summed E-state index contributed by atoms with van der Waals surface area (Å²) in [6, 6.07) is 7.58. The number of alkyl halides is 4. The lowest BCUT2D eigenvalue weighted by atomic mass is 9.61. The van der Waals surface area contributed by atoms with Crippen molar-refractivity contribution in [1.82, 2.24) is 20.1 Å². The monoisotopic (exact) mass is 491 g/mol. The van der Waals surface area contributed by atoms with Gasteiger partial charge in [-0.25, -0.2) is 13.8 Å². The fourth-order valence-corrected chi connectivity index (χ4v) is 4.93. The number of aromatic amines is 1. The first-order chi connectivity index (χ1) is 16.7. The summed E-state index contributed by atoms with van der Waals surface area (Å²) in [6.45, 7) is -2.79. The maximum atomic E-state index is 14.1. The number of H-pyrrole nitrogens is 1. The highest BCUT2D eigenvalue weighted by atomic mass is 19.3. The molecule has 184 valence electrons. The zero-order valence-electron chi connectivity index (χ0n) is 18.3. The minimum Gasteiger partial charge on any atom is -0.435 e. The average Bonchev–Trinajstić information content (AvgIpc) is 3.46. The number of hydrogen-bond donors (Lipinski definition) is 2. The second-order valence-electron chi connectivity index (χ2n) is 8.84. The largest absolute Gasteiger partial charge is 0.435 e. The first-order valence-electron chi connectivity index (χ1n) is 11.0. The van der Waals surface area contributed by atoms with Gasteiger partial charge in [-0.15, -0.1) is 0 Å². The van der Waals surface area contributed by atoms with E-state index in [2.05, 4.69) is 25.2 Å². The summed E-state index contributed by atoms with van der Waals surface area (Å²) in [7, 11) is 0. The zero-order chi connectivity index (χ0) is 24.8. The van der Waals surface area contributed by atoms with E-state index in [1.807, 2.05) is 0 Å². The van der Waals surface area contributed by atoms with E-state index in [1.54, 1.807) is 12.1 Å². The topological polar surface area (TPSA) is 100 Å². The number of benzene rings is 1. The number of nitrogens with one attached hydrogen (secondary N) is 2. The number of aromatic nitrogens is 3. The van der Waals surface area contributed by atoms with Gasteiger partial charge in [-0.1, -0.05) is 12.1 Å². The van der Waals surface area contributed by atoms with Crippen molar-refractivity contribution in [2.24, 2.45) is 0 Å². The van der Waals surface area contributed by atoms with Gasteiger partial charge in [-0.2, -0.15) is 13.9 Å². The third-order valence-corrected chi connectivity index (χ3v) is 6.53. The number of hydrogen-bond acceptors (Lipinski definition) is 5. The Labute approximate surface area is 196 Å². The number of carbonyl (C=O) groups excluding carboxylic acids is 2. The second-order valence-corrected chi connectivity index (χ2v) is 8.84. The molecule has 2 aromatic heterocycles. The van der Waals surface area contributed by atoms with E-state index in [1.165, 1.54) is 35.4 Å². The fraction of sp³-hybridized carbons (Fsp3) is 0.391. The number of amides is 2. The van der Waals surface area contributed by atoms with Gasteiger partial charge in [0.05, 0.1) is 17.1 Å². The normalized spacial score (nSPS) is 20.6. The minimum atomic E-state index is -3.05. The highest BCUT2D eigenvalue weighted by Crippen LogP contribution is 2.55. The van der Waals surface area contributed by atoms with Gasteiger partial charge in [0, 0.05) is 19.4 Å². The van der Waals surface area contributed by atoms with Crippen molar-refractivity contribution < 1.29 is 31.9 Å². The number of halogens is 4. The van der Waals surface area contributed by atoms with Gasteiger partial charge in [0.15, 0.2) is 0 Å². The van der Waals surface area contributed by atoms with Crippen LogP contribution < -0.4 is 10.1 Å². The molecule has 35 heavy (non-hydrogen) atoms. The highest BCUT2D eigenvalue weighted by Gasteiger charge is 2.63. The van der Waals surface area contributed by atoms with Crippen LogP contribution in [0.2, 0.25) is 0 Å². The number of nitrogens with zero attached hydrogens (tertiary/aromatic N) is 3. The van der Waals surface area contributed by atoms with Gasteiger partial charge < -0.3 is 15.0 Å². The van der Waals surface area contributed by atoms with Gasteiger partial charge in [-0.05, 0) is 42.7 Å². The number of carbonyl (C=O) groups is 2. The molecule has 5 rings (SSSR count). The molecule has 0 radical (unpaired) electrons. The fourth-order valence-electron chi connectivity index (χ4n) is 4.93. The molecular formula is C23H21F4N5O3. The van der Waals surface area contributed by atoms with E-state index in [4.69, 9.17) is 0 Å². The van der Waals surface area contributed by atoms with E-state index >= 15 is 0 Å². The van der Waals surface area contributed by atoms with Gasteiger partial charge in [-0.3, -0.25) is 14.7 Å². The van der Waals surface area contributed by atoms with E-state index in [0.717, 1.165) is 0 Å². The molecule has 3 aromatic rings. The lowest BCUT2D eigenvalue weighted by molar-refractivity contribution is -0.169. The van der Waals surface area contributed by atoms with Crippen molar-refractivity contribution in [2.45, 2.75) is 49.7 Å². The van der Waals surface area contributed by atoms with Crippen molar-refractivity contribution in [2.75, 3.05) is 11.9 Å². The predicted octanol–water partition coefficient (Wildman–Crippen LogP) is 3.86. The van der Waals surface area contributed by atoms with E-state index < -0.39 is 48.6 Å². The van der Waals surface area contributed by atoms with E-state index in [-0.39, 0.29) is 23.7 Å². The lowest BCUT2D eigenvalue weighted by Crippen LogP contribution is -2.60. The van der Waals surface area contributed by atoms with Crippen LogP contribution in [0, 0.1) is 0 Å². The molecule has 1 saturated heterocycles. The highest BCUT2D eigenvalue weighted by molar-refractivity contribution is 5.99. The Hall–Kier alpha value is -3.70. The Morgan fingerprint density at radius 2 is 1.89 bits per heavy atom. The summed E-state index contributed by atoms with van der Waals surface area (Å²) in [4.78, 5) is 32.3. The molecule has 0 spiro atoms. The van der Waals surface area contributed by atoms with Gasteiger partial charge in [0.1, 0.15) is 23.1 Å². The zero-order valence-corrected chi connectivity index (χ0v) is 18.3. The van der Waals surface area contributed by atoms with Crippen LogP contribution in [-0.4, -0.2) is 57.0 Å². The number of anilines is 1. The summed E-state index contributed by atoms with van der Waals surface area (Å²) in [5.41, 5.74) is -0.0345. The smallest absolute Gasteiger partial charge is 0.387 e. The number of pyridine rings is 1. The second kappa shape index (κ2) is 8.51. The van der Waals surface area contributed by atoms with Crippen molar-refractivity contribution in [3.63, 3.8) is 0 Å². The number of ether oxygens (including phenoxy) is 1. The molecule has 1 aliphatic heterocycles. The quantitative estimate of drug-likeness (QED) is 0.511. The van der Waals surface area contributed by atoms with Crippen LogP contribution in [0.5, 0.6) is 5.75 Å². The average molecular weight is 491 g/mol. The Morgan fingerprint density at radius 1 is 1.14 bits per heavy atom. The van der Waals surface area contributed by atoms with Crippen molar-refractivity contribution in [3.8, 4) is 5.75 Å². The molecule has 8 nitrogen and oxygen atoms in total. The summed E-state index contributed by atoms with van der Waals surface area (Å²) in [6.07, 6.45) is 0.967. The van der Waals surface area contributed by atoms with Crippen molar-refractivity contribution >= 4 is 28.7 Å². The third kappa shape index (κ3) is 4.28. The van der Waals surface area contributed by atoms with Crippen LogP contribution in [0.15, 0.2) is 42.6 Å². The van der Waals surface area contributed by atoms with Crippen LogP contribution >= 0.6 is 0 Å². The molecule has 1 aliphatic carbocycles. The third-order valence-electron chi connectivity index (χ3n) is 6.53. The first-order valence-corrected chi connectivity index (χ1v) is 11.0. The maximum Gasteiger partial charge on any atom is 0.387 e. The molecule has 2 fully saturated rings. The molecule has 1 aromatic carbocycles. The van der Waals surface area contributed by atoms with Crippen LogP contribution in [0.25, 0.3) is 11.0 Å². The molecular weight excluding hydrogens is 470 g/mol. The Kier molecular flexibility index (Phi) is 5.60. The molecule has 0 bridgehead atoms. The summed E-state index contributed by atoms with van der Waals surface area (Å²) >= 11 is 0. The Morgan fingerprint density at radius 3 is 2.57 bits per heavy atom. The van der Waals surface area contributed by atoms with Crippen LogP contribution in [0.3, 0.4) is 0 Å². The number of fused-ring (bicyclic) bond motifs is 1. The SMILES string of the molecule is O=C(Nc1ccc2[nH]ncc2n1)C1CCCN1C(=O)C1(c2ccc(OC(F)F)cc2)CC(F)(F)C1. The molecule has 1 atom stereocenters. The maximum absolute atomic E-state index is 14.1. The molecule has 3 heterocycles. The predicted molar refractivity (Wildman–Crippen MR) is 116 cm³/mol. The molecule has 2 aliphatic rings. The van der Waals surface area contributed by atoms with Crippen molar-refractivity contribution in [3.05, 3.63) is 48.2 Å². The Balaban J connectivity index is 1.37. The summed E-state index contributed by atoms with van der Waals surface area (Å²) in [5, 5.41) is 9.33. The summed E-state index contributed by atoms with van der Waals surface area (Å²) in [5.74, 6) is -3.95. The standard InChI is InChI=1S/C23H21F4N5O3/c24-21(25)35-14-5-3-13(4-6-14)22(11-23(26,27)12-22)20(34)32-9-1-2-17(32)19(33)30-18-8-7-15-16(29-18)10-28-31-15/h3-8,10,17,21H,1-2,9,11-12H2,(H,28,31)(H,29,30,33). The van der Waals surface area contributed by atoms with Crippen LogP contribution in [-0.2, 0) is 15.0 Å². The van der Waals surface area contributed by atoms with Crippen LogP contribution in [0.4, 0.5) is 23.4 Å². The van der Waals surface area contributed by atoms with Crippen molar-refractivity contribution in [1.29, 1.82) is 0 Å². The summed E-state index contributed by atoms with van der Waals surface area (Å²) < 4.78 is 57.4. The lowest BCUT2D eigenvalue weighted by Gasteiger charge is -2.48.